The lowest BCUT2D eigenvalue weighted by molar-refractivity contribution is 0.171. The van der Waals surface area contributed by atoms with Crippen LogP contribution in [0.1, 0.15) is 18.1 Å². The first-order chi connectivity index (χ1) is 13.4. The molecular formula is C20H18O7S. The fraction of sp³-hybridized carbons (Fsp3) is 0.250. The van der Waals surface area contributed by atoms with Crippen molar-refractivity contribution in [3.8, 4) is 17.2 Å². The molecule has 28 heavy (non-hydrogen) atoms. The molecule has 8 heteroatoms. The van der Waals surface area contributed by atoms with Gasteiger partial charge in [-0.15, -0.1) is 0 Å². The largest absolute Gasteiger partial charge is 0.486 e. The number of rotatable bonds is 4. The fourth-order valence-corrected chi connectivity index (χ4v) is 4.06. The van der Waals surface area contributed by atoms with Gasteiger partial charge in [0.15, 0.2) is 11.5 Å². The highest BCUT2D eigenvalue weighted by atomic mass is 32.2. The van der Waals surface area contributed by atoms with Crippen molar-refractivity contribution >= 4 is 21.1 Å². The number of ether oxygens (including phenoxy) is 2. The Morgan fingerprint density at radius 2 is 1.79 bits per heavy atom. The summed E-state index contributed by atoms with van der Waals surface area (Å²) in [5.74, 6) is 0.966. The Morgan fingerprint density at radius 1 is 1.04 bits per heavy atom. The molecule has 0 radical (unpaired) electrons. The maximum Gasteiger partial charge on any atom is 0.339 e. The summed E-state index contributed by atoms with van der Waals surface area (Å²) in [5.41, 5.74) is 1.21. The standard InChI is InChI=1S/C20H18O7S/c1-3-13-9-15-12(2)8-20(21)26-18(15)11-17(13)27-28(22,23)14-4-5-16-19(10-14)25-7-6-24-16/h4-5,8-11H,3,6-7H2,1-2H3. The molecule has 1 aliphatic heterocycles. The van der Waals surface area contributed by atoms with Gasteiger partial charge in [-0.3, -0.25) is 0 Å². The van der Waals surface area contributed by atoms with Crippen molar-refractivity contribution in [2.24, 2.45) is 0 Å². The summed E-state index contributed by atoms with van der Waals surface area (Å²) in [4.78, 5) is 11.6. The number of hydrogen-bond donors (Lipinski definition) is 0. The first kappa shape index (κ1) is 18.4. The molecule has 0 aliphatic carbocycles. The van der Waals surface area contributed by atoms with Gasteiger partial charge >= 0.3 is 15.7 Å². The Balaban J connectivity index is 1.77. The van der Waals surface area contributed by atoms with Crippen LogP contribution >= 0.6 is 0 Å². The van der Waals surface area contributed by atoms with Crippen molar-refractivity contribution < 1.29 is 26.5 Å². The van der Waals surface area contributed by atoms with Crippen molar-refractivity contribution in [1.82, 2.24) is 0 Å². The van der Waals surface area contributed by atoms with Crippen molar-refractivity contribution in [3.05, 3.63) is 57.9 Å². The van der Waals surface area contributed by atoms with Crippen molar-refractivity contribution in [2.75, 3.05) is 13.2 Å². The highest BCUT2D eigenvalue weighted by Gasteiger charge is 2.23. The van der Waals surface area contributed by atoms with Crippen molar-refractivity contribution in [2.45, 2.75) is 25.2 Å². The molecule has 0 N–H and O–H groups in total. The third-order valence-electron chi connectivity index (χ3n) is 4.52. The SMILES string of the molecule is CCc1cc2c(C)cc(=O)oc2cc1OS(=O)(=O)c1ccc2c(c1)OCCO2. The molecule has 0 saturated heterocycles. The summed E-state index contributed by atoms with van der Waals surface area (Å²) in [5, 5.41) is 0.737. The summed E-state index contributed by atoms with van der Waals surface area (Å²) < 4.78 is 47.1. The molecule has 0 spiro atoms. The average Bonchev–Trinajstić information content (AvgIpc) is 2.66. The van der Waals surface area contributed by atoms with Gasteiger partial charge in [0.05, 0.1) is 0 Å². The van der Waals surface area contributed by atoms with E-state index in [-0.39, 0.29) is 16.2 Å². The second-order valence-corrected chi connectivity index (χ2v) is 7.95. The van der Waals surface area contributed by atoms with E-state index in [0.29, 0.717) is 36.7 Å². The zero-order valence-corrected chi connectivity index (χ0v) is 16.2. The summed E-state index contributed by atoms with van der Waals surface area (Å²) in [6.45, 7) is 4.45. The molecule has 0 saturated carbocycles. The molecule has 0 unspecified atom stereocenters. The third-order valence-corrected chi connectivity index (χ3v) is 5.75. The number of hydrogen-bond acceptors (Lipinski definition) is 7. The van der Waals surface area contributed by atoms with Gasteiger partial charge in [-0.05, 0) is 42.7 Å². The van der Waals surface area contributed by atoms with Crippen LogP contribution in [0, 0.1) is 6.92 Å². The smallest absolute Gasteiger partial charge is 0.339 e. The predicted octanol–water partition coefficient (Wildman–Crippen LogP) is 3.20. The maximum absolute atomic E-state index is 12.8. The average molecular weight is 402 g/mol. The van der Waals surface area contributed by atoms with Crippen LogP contribution in [0.5, 0.6) is 17.2 Å². The minimum Gasteiger partial charge on any atom is -0.486 e. The van der Waals surface area contributed by atoms with Crippen molar-refractivity contribution in [1.29, 1.82) is 0 Å². The summed E-state index contributed by atoms with van der Waals surface area (Å²) in [6.07, 6.45) is 0.542. The van der Waals surface area contributed by atoms with Crippen LogP contribution in [-0.4, -0.2) is 21.6 Å². The first-order valence-electron chi connectivity index (χ1n) is 8.79. The van der Waals surface area contributed by atoms with Crippen LogP contribution in [0.2, 0.25) is 0 Å². The van der Waals surface area contributed by atoms with E-state index in [4.69, 9.17) is 18.1 Å². The second-order valence-electron chi connectivity index (χ2n) is 6.40. The lowest BCUT2D eigenvalue weighted by Gasteiger charge is -2.19. The summed E-state index contributed by atoms with van der Waals surface area (Å²) >= 11 is 0. The lowest BCUT2D eigenvalue weighted by atomic mass is 10.1. The molecule has 1 aliphatic rings. The molecule has 0 bridgehead atoms. The van der Waals surface area contributed by atoms with Gasteiger partial charge < -0.3 is 18.1 Å². The Labute approximate surface area is 161 Å². The predicted molar refractivity (Wildman–Crippen MR) is 102 cm³/mol. The normalized spacial score (nSPS) is 13.5. The monoisotopic (exact) mass is 402 g/mol. The van der Waals surface area contributed by atoms with Gasteiger partial charge in [-0.25, -0.2) is 4.79 Å². The molecule has 0 amide bonds. The highest BCUT2D eigenvalue weighted by Crippen LogP contribution is 2.34. The molecule has 0 fully saturated rings. The molecule has 4 rings (SSSR count). The van der Waals surface area contributed by atoms with Gasteiger partial charge in [0.25, 0.3) is 0 Å². The topological polar surface area (TPSA) is 92.0 Å². The minimum atomic E-state index is -4.12. The van der Waals surface area contributed by atoms with Crippen LogP contribution in [-0.2, 0) is 16.5 Å². The van der Waals surface area contributed by atoms with Gasteiger partial charge in [0, 0.05) is 23.6 Å². The number of aryl methyl sites for hydroxylation is 2. The van der Waals surface area contributed by atoms with E-state index in [2.05, 4.69) is 0 Å². The van der Waals surface area contributed by atoms with E-state index in [1.807, 2.05) is 6.92 Å². The number of fused-ring (bicyclic) bond motifs is 2. The molecule has 146 valence electrons. The zero-order chi connectivity index (χ0) is 19.9. The van der Waals surface area contributed by atoms with E-state index < -0.39 is 15.7 Å². The van der Waals surface area contributed by atoms with Crippen LogP contribution in [0.4, 0.5) is 0 Å². The van der Waals surface area contributed by atoms with Crippen LogP contribution in [0.25, 0.3) is 11.0 Å². The molecule has 1 aromatic heterocycles. The molecule has 7 nitrogen and oxygen atoms in total. The third kappa shape index (κ3) is 3.31. The van der Waals surface area contributed by atoms with E-state index in [9.17, 15) is 13.2 Å². The van der Waals surface area contributed by atoms with Gasteiger partial charge in [-0.2, -0.15) is 8.42 Å². The molecule has 0 atom stereocenters. The van der Waals surface area contributed by atoms with E-state index in [1.54, 1.807) is 13.0 Å². The molecule has 2 aromatic carbocycles. The summed E-state index contributed by atoms with van der Waals surface area (Å²) in [6, 6.07) is 8.93. The van der Waals surface area contributed by atoms with E-state index in [1.165, 1.54) is 30.3 Å². The number of benzene rings is 2. The highest BCUT2D eigenvalue weighted by molar-refractivity contribution is 7.87. The Morgan fingerprint density at radius 3 is 2.54 bits per heavy atom. The van der Waals surface area contributed by atoms with Crippen LogP contribution in [0.15, 0.2) is 50.5 Å². The Bertz CT molecular complexity index is 1230. The van der Waals surface area contributed by atoms with Gasteiger partial charge in [0.2, 0.25) is 0 Å². The van der Waals surface area contributed by atoms with Gasteiger partial charge in [0.1, 0.15) is 29.4 Å². The maximum atomic E-state index is 12.8. The second kappa shape index (κ2) is 6.87. The van der Waals surface area contributed by atoms with Crippen LogP contribution < -0.4 is 19.3 Å². The fourth-order valence-electron chi connectivity index (χ4n) is 3.09. The minimum absolute atomic E-state index is 0.0513. The zero-order valence-electron chi connectivity index (χ0n) is 15.4. The quantitative estimate of drug-likeness (QED) is 0.489. The van der Waals surface area contributed by atoms with E-state index in [0.717, 1.165) is 10.9 Å². The lowest BCUT2D eigenvalue weighted by Crippen LogP contribution is -2.17. The first-order valence-corrected chi connectivity index (χ1v) is 10.2. The Kier molecular flexibility index (Phi) is 4.50. The summed E-state index contributed by atoms with van der Waals surface area (Å²) in [7, 11) is -4.12. The van der Waals surface area contributed by atoms with E-state index >= 15 is 0 Å². The molecule has 3 aromatic rings. The van der Waals surface area contributed by atoms with Crippen molar-refractivity contribution in [3.63, 3.8) is 0 Å². The van der Waals surface area contributed by atoms with Crippen LogP contribution in [0.3, 0.4) is 0 Å². The van der Waals surface area contributed by atoms with Gasteiger partial charge in [-0.1, -0.05) is 6.92 Å². The molecular weight excluding hydrogens is 384 g/mol. The molecule has 2 heterocycles. The Hall–Kier alpha value is -3.00.